The fourth-order valence-electron chi connectivity index (χ4n) is 2.81. The molecule has 1 amide bonds. The second-order valence-corrected chi connectivity index (χ2v) is 6.32. The number of carbonyl (C=O) groups is 1. The number of carbonyl (C=O) groups excluding carboxylic acids is 1. The fraction of sp³-hybridized carbons (Fsp3) is 0.190. The van der Waals surface area contributed by atoms with Crippen LogP contribution < -0.4 is 15.5 Å². The maximum atomic E-state index is 12.8. The highest BCUT2D eigenvalue weighted by atomic mass is 16.5. The molecule has 2 heterocycles. The van der Waals surface area contributed by atoms with Gasteiger partial charge in [-0.05, 0) is 42.2 Å². The summed E-state index contributed by atoms with van der Waals surface area (Å²) >= 11 is 0. The second-order valence-electron chi connectivity index (χ2n) is 6.32. The number of H-pyrrole nitrogens is 1. The Morgan fingerprint density at radius 1 is 1.15 bits per heavy atom. The molecule has 27 heavy (non-hydrogen) atoms. The van der Waals surface area contributed by atoms with Gasteiger partial charge in [0.15, 0.2) is 5.75 Å². The Kier molecular flexibility index (Phi) is 5.35. The fourth-order valence-corrected chi connectivity index (χ4v) is 2.81. The zero-order valence-electron chi connectivity index (χ0n) is 15.4. The number of hydrogen-bond donors (Lipinski definition) is 2. The van der Waals surface area contributed by atoms with Crippen LogP contribution in [0.4, 0.5) is 0 Å². The Balaban J connectivity index is 1.96. The minimum atomic E-state index is -0.392. The standard InChI is InChI=1S/C21H21N3O3/c1-13-6-7-15(9-14(13)2)20(16-5-4-8-22-11-16)24-21(26)17-10-18(25)19(27-3)12-23-17/h4-12,20H,1-3H3,(H,23,25)(H,24,26)/t20-/m1/s1. The zero-order chi connectivity index (χ0) is 19.4. The van der Waals surface area contributed by atoms with Crippen molar-refractivity contribution in [2.45, 2.75) is 19.9 Å². The molecular weight excluding hydrogens is 342 g/mol. The Hall–Kier alpha value is -3.41. The number of benzene rings is 1. The number of methoxy groups -OCH3 is 1. The van der Waals surface area contributed by atoms with Gasteiger partial charge in [0.1, 0.15) is 5.69 Å². The van der Waals surface area contributed by atoms with Crippen LogP contribution in [0.3, 0.4) is 0 Å². The summed E-state index contributed by atoms with van der Waals surface area (Å²) in [6.45, 7) is 4.07. The van der Waals surface area contributed by atoms with E-state index < -0.39 is 6.04 Å². The van der Waals surface area contributed by atoms with Crippen molar-refractivity contribution in [3.05, 3.63) is 93.2 Å². The largest absolute Gasteiger partial charge is 0.491 e. The Morgan fingerprint density at radius 2 is 1.96 bits per heavy atom. The summed E-state index contributed by atoms with van der Waals surface area (Å²) < 4.78 is 4.94. The zero-order valence-corrected chi connectivity index (χ0v) is 15.4. The molecule has 0 bridgehead atoms. The van der Waals surface area contributed by atoms with Gasteiger partial charge in [0.2, 0.25) is 5.43 Å². The summed E-state index contributed by atoms with van der Waals surface area (Å²) in [5.41, 5.74) is 3.91. The van der Waals surface area contributed by atoms with E-state index in [2.05, 4.69) is 15.3 Å². The topological polar surface area (TPSA) is 84.1 Å². The van der Waals surface area contributed by atoms with E-state index in [-0.39, 0.29) is 22.8 Å². The van der Waals surface area contributed by atoms with Gasteiger partial charge < -0.3 is 15.0 Å². The van der Waals surface area contributed by atoms with Gasteiger partial charge in [-0.15, -0.1) is 0 Å². The number of nitrogens with zero attached hydrogens (tertiary/aromatic N) is 1. The van der Waals surface area contributed by atoms with E-state index in [9.17, 15) is 9.59 Å². The number of ether oxygens (including phenoxy) is 1. The first kappa shape index (κ1) is 18.4. The molecule has 0 aliphatic heterocycles. The number of nitrogens with one attached hydrogen (secondary N) is 2. The highest BCUT2D eigenvalue weighted by Crippen LogP contribution is 2.24. The van der Waals surface area contributed by atoms with Crippen LogP contribution in [0.5, 0.6) is 5.75 Å². The third-order valence-corrected chi connectivity index (χ3v) is 4.50. The van der Waals surface area contributed by atoms with Crippen molar-refractivity contribution >= 4 is 5.91 Å². The molecule has 6 nitrogen and oxygen atoms in total. The SMILES string of the molecule is COc1c[nH]c(C(=O)N[C@@H](c2cccnc2)c2ccc(C)c(C)c2)cc1=O. The van der Waals surface area contributed by atoms with Crippen molar-refractivity contribution in [1.82, 2.24) is 15.3 Å². The van der Waals surface area contributed by atoms with Gasteiger partial charge in [0.05, 0.1) is 13.2 Å². The van der Waals surface area contributed by atoms with Crippen LogP contribution in [0.1, 0.15) is 38.8 Å². The van der Waals surface area contributed by atoms with Gasteiger partial charge in [0.25, 0.3) is 5.91 Å². The lowest BCUT2D eigenvalue weighted by atomic mass is 9.96. The number of aromatic amines is 1. The number of pyridine rings is 2. The lowest BCUT2D eigenvalue weighted by Gasteiger charge is -2.20. The third-order valence-electron chi connectivity index (χ3n) is 4.50. The van der Waals surface area contributed by atoms with Crippen LogP contribution in [0.25, 0.3) is 0 Å². The molecule has 3 aromatic rings. The van der Waals surface area contributed by atoms with E-state index >= 15 is 0 Å². The number of aryl methyl sites for hydroxylation is 2. The first-order chi connectivity index (χ1) is 13.0. The molecule has 0 aliphatic rings. The van der Waals surface area contributed by atoms with E-state index in [4.69, 9.17) is 4.74 Å². The van der Waals surface area contributed by atoms with Crippen LogP contribution in [-0.2, 0) is 0 Å². The predicted molar refractivity (Wildman–Crippen MR) is 103 cm³/mol. The van der Waals surface area contributed by atoms with E-state index in [0.29, 0.717) is 0 Å². The number of amides is 1. The molecular formula is C21H21N3O3. The Labute approximate surface area is 157 Å². The molecule has 2 aromatic heterocycles. The lowest BCUT2D eigenvalue weighted by molar-refractivity contribution is 0.0937. The van der Waals surface area contributed by atoms with E-state index in [1.807, 2.05) is 44.2 Å². The van der Waals surface area contributed by atoms with Gasteiger partial charge in [0, 0.05) is 24.7 Å². The molecule has 0 saturated carbocycles. The van der Waals surface area contributed by atoms with E-state index in [0.717, 1.165) is 16.7 Å². The molecule has 138 valence electrons. The molecule has 0 saturated heterocycles. The molecule has 1 atom stereocenters. The van der Waals surface area contributed by atoms with Gasteiger partial charge in [-0.3, -0.25) is 14.6 Å². The van der Waals surface area contributed by atoms with Crippen molar-refractivity contribution in [3.63, 3.8) is 0 Å². The monoisotopic (exact) mass is 363 g/mol. The van der Waals surface area contributed by atoms with Crippen molar-refractivity contribution in [1.29, 1.82) is 0 Å². The maximum absolute atomic E-state index is 12.8. The summed E-state index contributed by atoms with van der Waals surface area (Å²) in [6, 6.07) is 10.6. The van der Waals surface area contributed by atoms with Crippen LogP contribution in [0.15, 0.2) is 59.8 Å². The van der Waals surface area contributed by atoms with Crippen molar-refractivity contribution in [2.24, 2.45) is 0 Å². The van der Waals surface area contributed by atoms with Crippen LogP contribution in [-0.4, -0.2) is 23.0 Å². The quantitative estimate of drug-likeness (QED) is 0.730. The third kappa shape index (κ3) is 4.06. The molecule has 2 N–H and O–H groups in total. The van der Waals surface area contributed by atoms with Crippen LogP contribution >= 0.6 is 0 Å². The lowest BCUT2D eigenvalue weighted by Crippen LogP contribution is -2.31. The number of aromatic nitrogens is 2. The normalized spacial score (nSPS) is 11.7. The first-order valence-electron chi connectivity index (χ1n) is 8.54. The number of rotatable bonds is 5. The second kappa shape index (κ2) is 7.86. The minimum Gasteiger partial charge on any atom is -0.491 e. The first-order valence-corrected chi connectivity index (χ1v) is 8.54. The van der Waals surface area contributed by atoms with Gasteiger partial charge in [-0.25, -0.2) is 0 Å². The molecule has 0 fully saturated rings. The average molecular weight is 363 g/mol. The Morgan fingerprint density at radius 3 is 2.59 bits per heavy atom. The van der Waals surface area contributed by atoms with E-state index in [1.54, 1.807) is 12.4 Å². The predicted octanol–water partition coefficient (Wildman–Crippen LogP) is 2.91. The highest BCUT2D eigenvalue weighted by Gasteiger charge is 2.19. The van der Waals surface area contributed by atoms with Crippen molar-refractivity contribution in [3.8, 4) is 5.75 Å². The summed E-state index contributed by atoms with van der Waals surface area (Å²) in [7, 11) is 1.41. The molecule has 0 unspecified atom stereocenters. The molecule has 0 spiro atoms. The maximum Gasteiger partial charge on any atom is 0.268 e. The van der Waals surface area contributed by atoms with Crippen LogP contribution in [0.2, 0.25) is 0 Å². The van der Waals surface area contributed by atoms with Gasteiger partial charge >= 0.3 is 0 Å². The molecule has 3 rings (SSSR count). The average Bonchev–Trinajstić information content (AvgIpc) is 2.68. The summed E-state index contributed by atoms with van der Waals surface area (Å²) in [6.07, 6.45) is 4.78. The highest BCUT2D eigenvalue weighted by molar-refractivity contribution is 5.92. The Bertz CT molecular complexity index is 1010. The summed E-state index contributed by atoms with van der Waals surface area (Å²) in [5, 5.41) is 2.99. The molecule has 1 aromatic carbocycles. The number of hydrogen-bond acceptors (Lipinski definition) is 4. The summed E-state index contributed by atoms with van der Waals surface area (Å²) in [4.78, 5) is 31.7. The smallest absolute Gasteiger partial charge is 0.268 e. The summed E-state index contributed by atoms with van der Waals surface area (Å²) in [5.74, 6) is -0.230. The van der Waals surface area contributed by atoms with Crippen molar-refractivity contribution < 1.29 is 9.53 Å². The molecule has 0 radical (unpaired) electrons. The molecule has 0 aliphatic carbocycles. The van der Waals surface area contributed by atoms with Crippen molar-refractivity contribution in [2.75, 3.05) is 7.11 Å². The van der Waals surface area contributed by atoms with E-state index in [1.165, 1.54) is 24.9 Å². The molecule has 6 heteroatoms. The van der Waals surface area contributed by atoms with Gasteiger partial charge in [-0.1, -0.05) is 24.3 Å². The minimum absolute atomic E-state index is 0.157. The van der Waals surface area contributed by atoms with Gasteiger partial charge in [-0.2, -0.15) is 0 Å². The van der Waals surface area contributed by atoms with Crippen LogP contribution in [0, 0.1) is 13.8 Å².